The molecule has 1 rings (SSSR count). The van der Waals surface area contributed by atoms with Crippen LogP contribution >= 0.6 is 0 Å². The molecule has 0 aliphatic rings. The van der Waals surface area contributed by atoms with Gasteiger partial charge in [0.2, 0.25) is 0 Å². The van der Waals surface area contributed by atoms with Gasteiger partial charge in [-0.25, -0.2) is 0 Å². The second kappa shape index (κ2) is 5.13. The summed E-state index contributed by atoms with van der Waals surface area (Å²) in [7, 11) is 0. The monoisotopic (exact) mass is 228 g/mol. The quantitative estimate of drug-likeness (QED) is 0.790. The maximum absolute atomic E-state index is 10.6. The summed E-state index contributed by atoms with van der Waals surface area (Å²) in [5.41, 5.74) is 2.00. The maximum atomic E-state index is 10.6. The van der Waals surface area contributed by atoms with Gasteiger partial charge in [0.15, 0.2) is 0 Å². The summed E-state index contributed by atoms with van der Waals surface area (Å²) < 4.78 is 0. The van der Waals surface area contributed by atoms with Crippen LogP contribution in [0.25, 0.3) is 0 Å². The SMILES string of the molecule is Cc1ccc(C(C)C(=O)O)cc1.[Zn]. The van der Waals surface area contributed by atoms with Crippen molar-refractivity contribution >= 4 is 5.97 Å². The van der Waals surface area contributed by atoms with E-state index in [2.05, 4.69) is 0 Å². The molecule has 0 spiro atoms. The number of benzene rings is 1. The number of hydrogen-bond acceptors (Lipinski definition) is 1. The summed E-state index contributed by atoms with van der Waals surface area (Å²) in [6.07, 6.45) is 0. The number of aliphatic carboxylic acids is 1. The average Bonchev–Trinajstić information content (AvgIpc) is 2.04. The Hall–Kier alpha value is -0.687. The summed E-state index contributed by atoms with van der Waals surface area (Å²) in [5.74, 6) is -1.19. The summed E-state index contributed by atoms with van der Waals surface area (Å²) in [4.78, 5) is 10.6. The predicted molar refractivity (Wildman–Crippen MR) is 47.2 cm³/mol. The molecule has 1 unspecified atom stereocenters. The van der Waals surface area contributed by atoms with Gasteiger partial charge in [-0.3, -0.25) is 4.79 Å². The van der Waals surface area contributed by atoms with Gasteiger partial charge in [0.1, 0.15) is 0 Å². The molecule has 3 heteroatoms. The Morgan fingerprint density at radius 1 is 1.31 bits per heavy atom. The fourth-order valence-electron chi connectivity index (χ4n) is 0.998. The first-order chi connectivity index (χ1) is 5.61. The molecule has 1 atom stereocenters. The summed E-state index contributed by atoms with van der Waals surface area (Å²) >= 11 is 0. The predicted octanol–water partition coefficient (Wildman–Crippen LogP) is 2.18. The van der Waals surface area contributed by atoms with Crippen LogP contribution in [-0.2, 0) is 24.3 Å². The largest absolute Gasteiger partial charge is 0.481 e. The van der Waals surface area contributed by atoms with E-state index >= 15 is 0 Å². The molecule has 1 aromatic rings. The molecule has 1 aromatic carbocycles. The van der Waals surface area contributed by atoms with E-state index in [4.69, 9.17) is 5.11 Å². The Balaban J connectivity index is 0.00000144. The van der Waals surface area contributed by atoms with E-state index in [9.17, 15) is 4.79 Å². The Morgan fingerprint density at radius 2 is 1.77 bits per heavy atom. The number of rotatable bonds is 2. The molecule has 0 bridgehead atoms. The Bertz CT molecular complexity index is 279. The van der Waals surface area contributed by atoms with Gasteiger partial charge in [-0.2, -0.15) is 0 Å². The van der Waals surface area contributed by atoms with Crippen LogP contribution in [-0.4, -0.2) is 11.1 Å². The first-order valence-corrected chi connectivity index (χ1v) is 3.90. The van der Waals surface area contributed by atoms with Crippen LogP contribution in [0.15, 0.2) is 24.3 Å². The fourth-order valence-corrected chi connectivity index (χ4v) is 0.998. The standard InChI is InChI=1S/C10H12O2.Zn/c1-7-3-5-9(6-4-7)8(2)10(11)12;/h3-6,8H,1-2H3,(H,11,12);. The van der Waals surface area contributed by atoms with Gasteiger partial charge >= 0.3 is 5.97 Å². The van der Waals surface area contributed by atoms with Crippen LogP contribution in [0.4, 0.5) is 0 Å². The zero-order valence-corrected chi connectivity index (χ0v) is 10.9. The number of carboxylic acids is 1. The topological polar surface area (TPSA) is 37.3 Å². The van der Waals surface area contributed by atoms with Crippen LogP contribution in [0.5, 0.6) is 0 Å². The zero-order chi connectivity index (χ0) is 9.14. The first kappa shape index (κ1) is 12.3. The minimum Gasteiger partial charge on any atom is -0.481 e. The molecule has 13 heavy (non-hydrogen) atoms. The molecule has 0 aromatic heterocycles. The van der Waals surface area contributed by atoms with Crippen LogP contribution in [0.2, 0.25) is 0 Å². The Morgan fingerprint density at radius 3 is 2.15 bits per heavy atom. The van der Waals surface area contributed by atoms with Crippen molar-refractivity contribution in [3.8, 4) is 0 Å². The molecule has 66 valence electrons. The molecule has 0 amide bonds. The third-order valence-electron chi connectivity index (χ3n) is 1.95. The van der Waals surface area contributed by atoms with Crippen molar-refractivity contribution in [1.82, 2.24) is 0 Å². The Kier molecular flexibility index (Phi) is 4.86. The van der Waals surface area contributed by atoms with E-state index in [0.29, 0.717) is 0 Å². The molecule has 0 radical (unpaired) electrons. The summed E-state index contributed by atoms with van der Waals surface area (Å²) in [6, 6.07) is 7.56. The van der Waals surface area contributed by atoms with Crippen molar-refractivity contribution in [2.45, 2.75) is 19.8 Å². The number of aryl methyl sites for hydroxylation is 1. The zero-order valence-electron chi connectivity index (χ0n) is 7.95. The van der Waals surface area contributed by atoms with Gasteiger partial charge in [0, 0.05) is 19.5 Å². The van der Waals surface area contributed by atoms with E-state index in [1.165, 1.54) is 0 Å². The van der Waals surface area contributed by atoms with Crippen LogP contribution in [0, 0.1) is 6.92 Å². The third-order valence-corrected chi connectivity index (χ3v) is 1.95. The van der Waals surface area contributed by atoms with Gasteiger partial charge in [-0.15, -0.1) is 0 Å². The molecule has 0 aliphatic carbocycles. The molecule has 0 saturated heterocycles. The molecular weight excluding hydrogens is 217 g/mol. The first-order valence-electron chi connectivity index (χ1n) is 3.90. The van der Waals surface area contributed by atoms with Gasteiger partial charge in [-0.05, 0) is 19.4 Å². The molecule has 0 aliphatic heterocycles. The van der Waals surface area contributed by atoms with E-state index < -0.39 is 11.9 Å². The Labute approximate surface area is 90.7 Å². The summed E-state index contributed by atoms with van der Waals surface area (Å²) in [5, 5.41) is 8.70. The van der Waals surface area contributed by atoms with Crippen molar-refractivity contribution in [3.05, 3.63) is 35.4 Å². The molecule has 1 N–H and O–H groups in total. The average molecular weight is 230 g/mol. The second-order valence-corrected chi connectivity index (χ2v) is 2.97. The van der Waals surface area contributed by atoms with Crippen molar-refractivity contribution in [2.24, 2.45) is 0 Å². The minimum absolute atomic E-state index is 0. The summed E-state index contributed by atoms with van der Waals surface area (Å²) in [6.45, 7) is 3.67. The van der Waals surface area contributed by atoms with Crippen molar-refractivity contribution in [2.75, 3.05) is 0 Å². The normalized spacial score (nSPS) is 11.5. The molecule has 0 fully saturated rings. The number of hydrogen-bond donors (Lipinski definition) is 1. The van der Waals surface area contributed by atoms with Crippen molar-refractivity contribution in [3.63, 3.8) is 0 Å². The van der Waals surface area contributed by atoms with Crippen LogP contribution < -0.4 is 0 Å². The minimum atomic E-state index is -0.779. The fraction of sp³-hybridized carbons (Fsp3) is 0.300. The third kappa shape index (κ3) is 3.27. The van der Waals surface area contributed by atoms with Crippen molar-refractivity contribution in [1.29, 1.82) is 0 Å². The van der Waals surface area contributed by atoms with E-state index in [1.54, 1.807) is 6.92 Å². The van der Waals surface area contributed by atoms with Gasteiger partial charge in [0.25, 0.3) is 0 Å². The van der Waals surface area contributed by atoms with Crippen molar-refractivity contribution < 1.29 is 29.4 Å². The molecule has 2 nitrogen and oxygen atoms in total. The number of carboxylic acid groups (broad SMARTS) is 1. The van der Waals surface area contributed by atoms with E-state index in [-0.39, 0.29) is 19.5 Å². The van der Waals surface area contributed by atoms with Gasteiger partial charge in [-0.1, -0.05) is 29.8 Å². The molecular formula is C10H12O2Zn. The van der Waals surface area contributed by atoms with Crippen LogP contribution in [0.3, 0.4) is 0 Å². The van der Waals surface area contributed by atoms with E-state index in [0.717, 1.165) is 11.1 Å². The van der Waals surface area contributed by atoms with Crippen LogP contribution in [0.1, 0.15) is 24.0 Å². The van der Waals surface area contributed by atoms with E-state index in [1.807, 2.05) is 31.2 Å². The molecule has 0 saturated carbocycles. The van der Waals surface area contributed by atoms with Gasteiger partial charge < -0.3 is 5.11 Å². The number of carbonyl (C=O) groups is 1. The maximum Gasteiger partial charge on any atom is 0.310 e. The molecule has 0 heterocycles. The van der Waals surface area contributed by atoms with Gasteiger partial charge in [0.05, 0.1) is 5.92 Å². The second-order valence-electron chi connectivity index (χ2n) is 2.97. The smallest absolute Gasteiger partial charge is 0.310 e.